The molecule has 0 unspecified atom stereocenters. The van der Waals surface area contributed by atoms with Crippen LogP contribution in [0.5, 0.6) is 17.2 Å². The number of unbranched alkanes of at least 4 members (excludes halogenated alkanes) is 2. The minimum Gasteiger partial charge on any atom is -0.460 e. The number of nitrogens with zero attached hydrogens (tertiary/aromatic N) is 2. The summed E-state index contributed by atoms with van der Waals surface area (Å²) in [6.07, 6.45) is 9.58. The molecule has 310 valence electrons. The molecular formula is C48H54N2O8S. The van der Waals surface area contributed by atoms with Crippen LogP contribution in [0.1, 0.15) is 68.9 Å². The molecule has 4 aromatic rings. The van der Waals surface area contributed by atoms with Crippen molar-refractivity contribution in [2.75, 3.05) is 25.6 Å². The Hall–Kier alpha value is -4.94. The number of hydrogen-bond acceptors (Lipinski definition) is 10. The van der Waals surface area contributed by atoms with Gasteiger partial charge in [0.25, 0.3) is 5.69 Å². The first-order valence-electron chi connectivity index (χ1n) is 20.8. The second-order valence-corrected chi connectivity index (χ2v) is 16.9. The van der Waals surface area contributed by atoms with E-state index in [2.05, 4.69) is 49.9 Å². The van der Waals surface area contributed by atoms with Crippen molar-refractivity contribution in [1.29, 1.82) is 0 Å². The molecule has 0 saturated heterocycles. The number of rotatable bonds is 20. The number of oxime groups is 1. The molecule has 0 bridgehead atoms. The van der Waals surface area contributed by atoms with Gasteiger partial charge in [0.1, 0.15) is 23.9 Å². The highest BCUT2D eigenvalue weighted by Gasteiger charge is 2.63. The summed E-state index contributed by atoms with van der Waals surface area (Å²) in [6.45, 7) is 6.86. The van der Waals surface area contributed by atoms with Gasteiger partial charge in [0.15, 0.2) is 0 Å². The maximum atomic E-state index is 11.3. The summed E-state index contributed by atoms with van der Waals surface area (Å²) in [5.74, 6) is 1.96. The van der Waals surface area contributed by atoms with Gasteiger partial charge >= 0.3 is 0 Å². The number of ether oxygens (including phenoxy) is 3. The monoisotopic (exact) mass is 818 g/mol. The smallest absolute Gasteiger partial charge is 0.269 e. The average Bonchev–Trinajstić information content (AvgIpc) is 3.26. The molecule has 11 heteroatoms. The van der Waals surface area contributed by atoms with Crippen LogP contribution in [-0.2, 0) is 16.2 Å². The Morgan fingerprint density at radius 2 is 1.64 bits per heavy atom. The maximum absolute atomic E-state index is 11.3. The van der Waals surface area contributed by atoms with Gasteiger partial charge in [-0.25, -0.2) is 0 Å². The van der Waals surface area contributed by atoms with Gasteiger partial charge in [-0.05, 0) is 108 Å². The Morgan fingerprint density at radius 3 is 2.34 bits per heavy atom. The van der Waals surface area contributed by atoms with Crippen LogP contribution in [0.2, 0.25) is 0 Å². The zero-order chi connectivity index (χ0) is 41.2. The first kappa shape index (κ1) is 42.2. The quantitative estimate of drug-likeness (QED) is 0.0387. The fourth-order valence-corrected chi connectivity index (χ4v) is 10.3. The molecule has 1 aliphatic heterocycles. The minimum absolute atomic E-state index is 0.0222. The Labute approximate surface area is 351 Å². The highest BCUT2D eigenvalue weighted by Crippen LogP contribution is 2.62. The summed E-state index contributed by atoms with van der Waals surface area (Å²) in [5.41, 5.74) is 5.97. The number of allylic oxidation sites excluding steroid dienone is 1. The van der Waals surface area contributed by atoms with Crippen molar-refractivity contribution in [2.24, 2.45) is 22.9 Å². The van der Waals surface area contributed by atoms with E-state index >= 15 is 0 Å². The molecule has 0 radical (unpaired) electrons. The van der Waals surface area contributed by atoms with E-state index in [1.54, 1.807) is 30.0 Å². The number of non-ortho nitro benzene ring substituents is 1. The molecule has 3 aliphatic rings. The third-order valence-corrected chi connectivity index (χ3v) is 13.0. The van der Waals surface area contributed by atoms with E-state index in [9.17, 15) is 20.3 Å². The summed E-state index contributed by atoms with van der Waals surface area (Å²) >= 11 is 1.79. The first-order valence-corrected chi connectivity index (χ1v) is 21.8. The molecule has 7 rings (SSSR count). The Balaban J connectivity index is 1.31. The number of fused-ring (bicyclic) bond motifs is 2. The van der Waals surface area contributed by atoms with Crippen molar-refractivity contribution in [1.82, 2.24) is 0 Å². The van der Waals surface area contributed by atoms with Crippen molar-refractivity contribution < 1.29 is 34.2 Å². The fourth-order valence-electron chi connectivity index (χ4n) is 9.12. The van der Waals surface area contributed by atoms with Gasteiger partial charge in [-0.2, -0.15) is 11.8 Å². The van der Waals surface area contributed by atoms with Crippen LogP contribution in [0, 0.1) is 27.9 Å². The van der Waals surface area contributed by atoms with Crippen molar-refractivity contribution >= 4 is 23.2 Å². The highest BCUT2D eigenvalue weighted by atomic mass is 32.2. The van der Waals surface area contributed by atoms with E-state index in [1.807, 2.05) is 42.5 Å². The van der Waals surface area contributed by atoms with Gasteiger partial charge in [-0.3, -0.25) is 10.1 Å². The van der Waals surface area contributed by atoms with Gasteiger partial charge < -0.3 is 29.3 Å². The lowest BCUT2D eigenvalue weighted by atomic mass is 9.56. The van der Waals surface area contributed by atoms with Crippen molar-refractivity contribution in [2.45, 2.75) is 75.4 Å². The van der Waals surface area contributed by atoms with Crippen LogP contribution >= 0.6 is 11.8 Å². The predicted octanol–water partition coefficient (Wildman–Crippen LogP) is 10.6. The zero-order valence-corrected chi connectivity index (χ0v) is 34.4. The van der Waals surface area contributed by atoms with Gasteiger partial charge in [0.2, 0.25) is 5.79 Å². The molecule has 1 fully saturated rings. The van der Waals surface area contributed by atoms with E-state index in [4.69, 9.17) is 24.2 Å². The van der Waals surface area contributed by atoms with E-state index in [-0.39, 0.29) is 54.4 Å². The van der Waals surface area contributed by atoms with Crippen LogP contribution in [0.15, 0.2) is 127 Å². The number of aliphatic hydroxyl groups excluding tert-OH is 2. The molecule has 10 nitrogen and oxygen atoms in total. The third kappa shape index (κ3) is 9.44. The number of nitro benzene ring substituents is 1. The van der Waals surface area contributed by atoms with E-state index in [0.29, 0.717) is 31.6 Å². The summed E-state index contributed by atoms with van der Waals surface area (Å²) in [6, 6.07) is 30.8. The Bertz CT molecular complexity index is 2090. The van der Waals surface area contributed by atoms with Crippen molar-refractivity contribution in [3.63, 3.8) is 0 Å². The lowest BCUT2D eigenvalue weighted by Crippen LogP contribution is -2.64. The summed E-state index contributed by atoms with van der Waals surface area (Å²) in [7, 11) is 0. The number of benzene rings is 4. The molecule has 1 saturated carbocycles. The van der Waals surface area contributed by atoms with Crippen molar-refractivity contribution in [3.05, 3.63) is 143 Å². The first-order chi connectivity index (χ1) is 28.9. The second-order valence-electron chi connectivity index (χ2n) is 15.4. The van der Waals surface area contributed by atoms with Crippen LogP contribution in [-0.4, -0.2) is 57.5 Å². The number of nitro groups is 1. The van der Waals surface area contributed by atoms with Crippen LogP contribution < -0.4 is 9.47 Å². The van der Waals surface area contributed by atoms with Crippen molar-refractivity contribution in [3.8, 4) is 28.4 Å². The fraction of sp³-hybridized carbons (Fsp3) is 0.396. The Morgan fingerprint density at radius 1 is 0.932 bits per heavy atom. The summed E-state index contributed by atoms with van der Waals surface area (Å²) < 4.78 is 20.8. The normalized spacial score (nSPS) is 23.7. The van der Waals surface area contributed by atoms with Crippen LogP contribution in [0.4, 0.5) is 5.69 Å². The second kappa shape index (κ2) is 19.9. The molecule has 0 spiro atoms. The van der Waals surface area contributed by atoms with Gasteiger partial charge in [0.05, 0.1) is 28.4 Å². The highest BCUT2D eigenvalue weighted by molar-refractivity contribution is 8.00. The van der Waals surface area contributed by atoms with E-state index in [0.717, 1.165) is 76.5 Å². The number of aliphatic hydroxyl groups is 2. The summed E-state index contributed by atoms with van der Waals surface area (Å²) in [5, 5.41) is 35.7. The molecule has 59 heavy (non-hydrogen) atoms. The Kier molecular flexibility index (Phi) is 14.2. The lowest BCUT2D eigenvalue weighted by molar-refractivity contribution is -0.384. The number of thioether (sulfide) groups is 1. The SMILES string of the molecule is C=CCO[C@@]12Oc3ccc(Oc4ccc(-c5ccccc5)cc4)cc3[C@H]3[C@H](CCCCO)[C@@H](CCCCO)C=C(C(=NOCc4ccc([N+](=O)[O-])cc4)C[C@@H]1SCC)[C@H]32. The topological polar surface area (TPSA) is 133 Å². The third-order valence-electron chi connectivity index (χ3n) is 11.7. The van der Waals surface area contributed by atoms with Gasteiger partial charge in [0, 0.05) is 43.2 Å². The van der Waals surface area contributed by atoms with Crippen LogP contribution in [0.25, 0.3) is 11.1 Å². The average molecular weight is 819 g/mol. The van der Waals surface area contributed by atoms with E-state index in [1.165, 1.54) is 12.1 Å². The van der Waals surface area contributed by atoms with E-state index < -0.39 is 10.7 Å². The zero-order valence-electron chi connectivity index (χ0n) is 33.6. The maximum Gasteiger partial charge on any atom is 0.269 e. The molecule has 2 aliphatic carbocycles. The molecule has 1 heterocycles. The molecule has 4 aromatic carbocycles. The van der Waals surface area contributed by atoms with Gasteiger partial charge in [-0.15, -0.1) is 6.58 Å². The molecular weight excluding hydrogens is 765 g/mol. The largest absolute Gasteiger partial charge is 0.460 e. The molecule has 0 aromatic heterocycles. The lowest BCUT2D eigenvalue weighted by Gasteiger charge is -2.58. The summed E-state index contributed by atoms with van der Waals surface area (Å²) in [4.78, 5) is 16.9. The standard InChI is InChI=1S/C48H54N2O8S/c1-3-28-55-48-45(59-4-2)31-43(49-56-32-33-16-20-37(21-17-33)50(53)54)41-29-36(14-8-10-26-51)40(15-9-11-27-52)46(47(41)48)42-30-39(24-25-44(42)58-48)57-38-22-18-35(19-23-38)34-12-6-5-7-13-34/h3,5-7,12-13,16-25,29-30,36,40,45-47,51-52H,1,4,8-11,14-15,26-28,31-32H2,2H3/t36-,40+,45-,46+,47+,48+/m0/s1. The molecule has 6 atom stereocenters. The van der Waals surface area contributed by atoms with Crippen LogP contribution in [0.3, 0.4) is 0 Å². The van der Waals surface area contributed by atoms with Gasteiger partial charge in [-0.1, -0.05) is 79.5 Å². The number of hydrogen-bond donors (Lipinski definition) is 2. The molecule has 0 amide bonds. The molecule has 2 N–H and O–H groups in total. The predicted molar refractivity (Wildman–Crippen MR) is 233 cm³/mol. The minimum atomic E-state index is -1.04.